The molecular weight excluding hydrogens is 393 g/mol. The van der Waals surface area contributed by atoms with Crippen molar-refractivity contribution in [3.05, 3.63) is 52.8 Å². The molecule has 27 heavy (non-hydrogen) atoms. The van der Waals surface area contributed by atoms with Gasteiger partial charge in [-0.25, -0.2) is 12.8 Å². The molecule has 0 spiro atoms. The van der Waals surface area contributed by atoms with Crippen LogP contribution in [0, 0.1) is 5.82 Å². The molecule has 0 aromatic heterocycles. The Bertz CT molecular complexity index is 982. The molecule has 1 amide bonds. The number of nitrogens with zero attached hydrogens (tertiary/aromatic N) is 1. The van der Waals surface area contributed by atoms with Crippen molar-refractivity contribution in [2.45, 2.75) is 12.8 Å². The summed E-state index contributed by atoms with van der Waals surface area (Å²) in [5, 5.41) is 2.86. The topological polar surface area (TPSA) is 78.5 Å². The largest absolute Gasteiger partial charge is 0.362 e. The molecule has 144 valence electrons. The van der Waals surface area contributed by atoms with Crippen molar-refractivity contribution in [1.82, 2.24) is 0 Å². The summed E-state index contributed by atoms with van der Waals surface area (Å²) < 4.78 is 39.5. The number of amides is 1. The highest BCUT2D eigenvalue weighted by Gasteiger charge is 2.22. The molecule has 2 N–H and O–H groups in total. The second-order valence-electron chi connectivity index (χ2n) is 6.37. The zero-order valence-electron chi connectivity index (χ0n) is 14.6. The number of fused-ring (bicyclic) bond motifs is 1. The lowest BCUT2D eigenvalue weighted by atomic mass is 10.00. The Morgan fingerprint density at radius 2 is 2.04 bits per heavy atom. The molecule has 0 atom stereocenters. The predicted octanol–water partition coefficient (Wildman–Crippen LogP) is 3.24. The fraction of sp³-hybridized carbons (Fsp3) is 0.278. The number of rotatable bonds is 5. The molecule has 0 fully saturated rings. The summed E-state index contributed by atoms with van der Waals surface area (Å²) in [5.41, 5.74) is 2.17. The van der Waals surface area contributed by atoms with Crippen molar-refractivity contribution in [3.8, 4) is 0 Å². The van der Waals surface area contributed by atoms with Gasteiger partial charge in [0.05, 0.1) is 24.2 Å². The molecule has 1 aliphatic rings. The van der Waals surface area contributed by atoms with Crippen molar-refractivity contribution in [2.24, 2.45) is 0 Å². The Morgan fingerprint density at radius 1 is 1.26 bits per heavy atom. The number of benzene rings is 2. The van der Waals surface area contributed by atoms with Crippen LogP contribution in [-0.4, -0.2) is 33.7 Å². The fourth-order valence-corrected chi connectivity index (χ4v) is 3.88. The second-order valence-corrected chi connectivity index (χ2v) is 8.56. The lowest BCUT2D eigenvalue weighted by molar-refractivity contribution is -0.115. The van der Waals surface area contributed by atoms with Crippen LogP contribution in [0.25, 0.3) is 0 Å². The van der Waals surface area contributed by atoms with Gasteiger partial charge in [0.25, 0.3) is 0 Å². The molecule has 6 nitrogen and oxygen atoms in total. The van der Waals surface area contributed by atoms with E-state index in [-0.39, 0.29) is 18.1 Å². The minimum Gasteiger partial charge on any atom is -0.362 e. The first-order chi connectivity index (χ1) is 12.7. The van der Waals surface area contributed by atoms with Gasteiger partial charge in [-0.05, 0) is 48.7 Å². The number of carbonyl (C=O) groups excluding carboxylic acids is 1. The first-order valence-corrected chi connectivity index (χ1v) is 10.6. The van der Waals surface area contributed by atoms with Crippen molar-refractivity contribution in [1.29, 1.82) is 0 Å². The maximum Gasteiger partial charge on any atom is 0.243 e. The molecule has 0 saturated carbocycles. The summed E-state index contributed by atoms with van der Waals surface area (Å²) in [5.74, 6) is -0.947. The molecular formula is C18H19ClFN3O3S. The Kier molecular flexibility index (Phi) is 5.57. The van der Waals surface area contributed by atoms with Crippen LogP contribution >= 0.6 is 11.6 Å². The summed E-state index contributed by atoms with van der Waals surface area (Å²) in [7, 11) is -3.40. The van der Waals surface area contributed by atoms with Gasteiger partial charge in [0.1, 0.15) is 5.82 Å². The minimum absolute atomic E-state index is 0.0152. The Morgan fingerprint density at radius 3 is 2.78 bits per heavy atom. The molecule has 0 saturated heterocycles. The first-order valence-electron chi connectivity index (χ1n) is 8.32. The van der Waals surface area contributed by atoms with E-state index in [1.807, 2.05) is 11.0 Å². The molecule has 2 aromatic rings. The van der Waals surface area contributed by atoms with Crippen molar-refractivity contribution >= 4 is 44.6 Å². The molecule has 0 unspecified atom stereocenters. The van der Waals surface area contributed by atoms with Gasteiger partial charge in [-0.15, -0.1) is 0 Å². The van der Waals surface area contributed by atoms with Gasteiger partial charge in [0, 0.05) is 17.3 Å². The third-order valence-corrected chi connectivity index (χ3v) is 5.00. The van der Waals surface area contributed by atoms with Crippen LogP contribution in [0.4, 0.5) is 21.5 Å². The van der Waals surface area contributed by atoms with Gasteiger partial charge < -0.3 is 10.2 Å². The third-order valence-electron chi connectivity index (χ3n) is 4.18. The fourth-order valence-electron chi connectivity index (χ4n) is 3.12. The normalized spacial score (nSPS) is 13.8. The zero-order valence-corrected chi connectivity index (χ0v) is 16.2. The van der Waals surface area contributed by atoms with Crippen LogP contribution in [0.5, 0.6) is 0 Å². The number of carbonyl (C=O) groups is 1. The quantitative estimate of drug-likeness (QED) is 0.791. The van der Waals surface area contributed by atoms with Crippen LogP contribution in [0.15, 0.2) is 36.4 Å². The number of sulfonamides is 1. The summed E-state index contributed by atoms with van der Waals surface area (Å²) in [6, 6.07) is 9.23. The van der Waals surface area contributed by atoms with Crippen LogP contribution in [0.1, 0.15) is 12.0 Å². The maximum atomic E-state index is 13.8. The SMILES string of the molecule is CS(=O)(=O)Nc1cccc2c1CCCN2CC(=O)Nc1cc(Cl)ccc1F. The summed E-state index contributed by atoms with van der Waals surface area (Å²) in [6.07, 6.45) is 2.57. The van der Waals surface area contributed by atoms with E-state index in [1.54, 1.807) is 12.1 Å². The lowest BCUT2D eigenvalue weighted by Crippen LogP contribution is -2.37. The monoisotopic (exact) mass is 411 g/mol. The highest BCUT2D eigenvalue weighted by molar-refractivity contribution is 7.92. The first kappa shape index (κ1) is 19.4. The highest BCUT2D eigenvalue weighted by Crippen LogP contribution is 2.33. The van der Waals surface area contributed by atoms with E-state index >= 15 is 0 Å². The van der Waals surface area contributed by atoms with Gasteiger partial charge in [0.15, 0.2) is 0 Å². The van der Waals surface area contributed by atoms with E-state index in [9.17, 15) is 17.6 Å². The lowest BCUT2D eigenvalue weighted by Gasteiger charge is -2.32. The standard InChI is InChI=1S/C18H19ClFN3O3S/c1-27(25,26)22-15-5-2-6-17-13(15)4-3-9-23(17)11-18(24)21-16-10-12(19)7-8-14(16)20/h2,5-8,10,22H,3-4,9,11H2,1H3,(H,21,24). The molecule has 1 aliphatic heterocycles. The molecule has 0 bridgehead atoms. The predicted molar refractivity (Wildman–Crippen MR) is 105 cm³/mol. The number of anilines is 3. The molecule has 3 rings (SSSR count). The average Bonchev–Trinajstić information content (AvgIpc) is 2.57. The number of nitrogens with one attached hydrogen (secondary N) is 2. The van der Waals surface area contributed by atoms with E-state index in [0.717, 1.165) is 23.9 Å². The maximum absolute atomic E-state index is 13.8. The molecule has 2 aromatic carbocycles. The minimum atomic E-state index is -3.40. The Labute approximate surface area is 162 Å². The van der Waals surface area contributed by atoms with Crippen molar-refractivity contribution in [3.63, 3.8) is 0 Å². The van der Waals surface area contributed by atoms with Gasteiger partial charge in [-0.3, -0.25) is 9.52 Å². The number of halogens is 2. The van der Waals surface area contributed by atoms with E-state index in [0.29, 0.717) is 23.7 Å². The van der Waals surface area contributed by atoms with Gasteiger partial charge in [-0.1, -0.05) is 17.7 Å². The van der Waals surface area contributed by atoms with Crippen LogP contribution in [0.2, 0.25) is 5.02 Å². The third kappa shape index (κ3) is 4.90. The zero-order chi connectivity index (χ0) is 19.6. The summed E-state index contributed by atoms with van der Waals surface area (Å²) >= 11 is 5.84. The van der Waals surface area contributed by atoms with Crippen molar-refractivity contribution in [2.75, 3.05) is 34.3 Å². The van der Waals surface area contributed by atoms with E-state index in [1.165, 1.54) is 18.2 Å². The van der Waals surface area contributed by atoms with Crippen LogP contribution < -0.4 is 14.9 Å². The molecule has 0 radical (unpaired) electrons. The molecule has 0 aliphatic carbocycles. The van der Waals surface area contributed by atoms with E-state index < -0.39 is 15.8 Å². The molecule has 1 heterocycles. The molecule has 9 heteroatoms. The van der Waals surface area contributed by atoms with Gasteiger partial charge in [-0.2, -0.15) is 0 Å². The van der Waals surface area contributed by atoms with Crippen molar-refractivity contribution < 1.29 is 17.6 Å². The average molecular weight is 412 g/mol. The smallest absolute Gasteiger partial charge is 0.243 e. The van der Waals surface area contributed by atoms with Gasteiger partial charge in [0.2, 0.25) is 15.9 Å². The second kappa shape index (κ2) is 7.74. The number of hydrogen-bond donors (Lipinski definition) is 2. The van der Waals surface area contributed by atoms with Crippen LogP contribution in [-0.2, 0) is 21.2 Å². The number of hydrogen-bond acceptors (Lipinski definition) is 4. The van der Waals surface area contributed by atoms with E-state index in [2.05, 4.69) is 10.0 Å². The van der Waals surface area contributed by atoms with E-state index in [4.69, 9.17) is 11.6 Å². The van der Waals surface area contributed by atoms with Gasteiger partial charge >= 0.3 is 0 Å². The highest BCUT2D eigenvalue weighted by atomic mass is 35.5. The van der Waals surface area contributed by atoms with Crippen LogP contribution in [0.3, 0.4) is 0 Å². The summed E-state index contributed by atoms with van der Waals surface area (Å²) in [4.78, 5) is 14.2. The Balaban J connectivity index is 1.79. The Hall–Kier alpha value is -2.32. The summed E-state index contributed by atoms with van der Waals surface area (Å²) in [6.45, 7) is 0.655.